The van der Waals surface area contributed by atoms with Crippen molar-refractivity contribution in [3.8, 4) is 0 Å². The van der Waals surface area contributed by atoms with Crippen molar-refractivity contribution >= 4 is 11.4 Å². The lowest BCUT2D eigenvalue weighted by Gasteiger charge is -2.32. The fourth-order valence-electron chi connectivity index (χ4n) is 3.81. The third kappa shape index (κ3) is 3.85. The minimum Gasteiger partial charge on any atom is -0.334 e. The summed E-state index contributed by atoms with van der Waals surface area (Å²) in [5.74, 6) is 0. The van der Waals surface area contributed by atoms with Crippen LogP contribution in [0.25, 0.3) is 0 Å². The highest BCUT2D eigenvalue weighted by Gasteiger charge is 2.21. The third-order valence-electron chi connectivity index (χ3n) is 5.27. The molecule has 0 saturated heterocycles. The van der Waals surface area contributed by atoms with E-state index < -0.39 is 0 Å². The topological polar surface area (TPSA) is 28.5 Å². The minimum absolute atomic E-state index is 0.0449. The zero-order valence-corrected chi connectivity index (χ0v) is 16.5. The normalized spacial score (nSPS) is 14.5. The maximum atomic E-state index is 12.7. The Kier molecular flexibility index (Phi) is 5.82. The standard InChI is InChI=1S/C22H31N3O/c1-5-6-13-24-14-11-18-9-10-20(15-19(18)16-24)25(17(2)3)21-8-7-12-23(4)22(21)26/h7-10,12,15,17H,5-6,11,13-14,16H2,1-4H3. The molecule has 1 aliphatic rings. The van der Waals surface area contributed by atoms with Crippen LogP contribution in [-0.4, -0.2) is 28.6 Å². The fourth-order valence-corrected chi connectivity index (χ4v) is 3.81. The van der Waals surface area contributed by atoms with E-state index in [0.29, 0.717) is 0 Å². The largest absolute Gasteiger partial charge is 0.334 e. The van der Waals surface area contributed by atoms with Gasteiger partial charge in [-0.15, -0.1) is 0 Å². The average Bonchev–Trinajstić information content (AvgIpc) is 2.63. The smallest absolute Gasteiger partial charge is 0.274 e. The van der Waals surface area contributed by atoms with Gasteiger partial charge in [0.05, 0.1) is 0 Å². The number of nitrogens with zero attached hydrogens (tertiary/aromatic N) is 3. The van der Waals surface area contributed by atoms with E-state index in [1.165, 1.54) is 30.5 Å². The maximum Gasteiger partial charge on any atom is 0.274 e. The van der Waals surface area contributed by atoms with Crippen molar-refractivity contribution < 1.29 is 0 Å². The lowest BCUT2D eigenvalue weighted by atomic mass is 9.98. The van der Waals surface area contributed by atoms with Crippen molar-refractivity contribution in [3.05, 3.63) is 58.0 Å². The SMILES string of the molecule is CCCCN1CCc2ccc(N(c3cccn(C)c3=O)C(C)C)cc2C1. The Balaban J connectivity index is 1.94. The van der Waals surface area contributed by atoms with E-state index in [2.05, 4.69) is 48.8 Å². The number of anilines is 2. The molecule has 0 N–H and O–H groups in total. The van der Waals surface area contributed by atoms with Crippen molar-refractivity contribution in [3.63, 3.8) is 0 Å². The summed E-state index contributed by atoms with van der Waals surface area (Å²) in [6, 6.07) is 10.8. The molecule has 4 nitrogen and oxygen atoms in total. The highest BCUT2D eigenvalue weighted by molar-refractivity contribution is 5.64. The van der Waals surface area contributed by atoms with Crippen LogP contribution in [0.4, 0.5) is 11.4 Å². The monoisotopic (exact) mass is 353 g/mol. The number of rotatable bonds is 6. The molecule has 4 heteroatoms. The molecule has 0 fully saturated rings. The van der Waals surface area contributed by atoms with E-state index in [1.54, 1.807) is 4.57 Å². The van der Waals surface area contributed by atoms with Gasteiger partial charge in [0.2, 0.25) is 0 Å². The Bertz CT molecular complexity index is 809. The Morgan fingerprint density at radius 1 is 1.19 bits per heavy atom. The lowest BCUT2D eigenvalue weighted by Crippen LogP contribution is -2.34. The van der Waals surface area contributed by atoms with Crippen molar-refractivity contribution in [2.75, 3.05) is 18.0 Å². The molecule has 3 rings (SSSR count). The summed E-state index contributed by atoms with van der Waals surface area (Å²) in [7, 11) is 1.81. The van der Waals surface area contributed by atoms with Gasteiger partial charge in [0.1, 0.15) is 5.69 Å². The quantitative estimate of drug-likeness (QED) is 0.783. The third-order valence-corrected chi connectivity index (χ3v) is 5.27. The summed E-state index contributed by atoms with van der Waals surface area (Å²) in [5.41, 5.74) is 4.75. The maximum absolute atomic E-state index is 12.7. The van der Waals surface area contributed by atoms with Gasteiger partial charge in [0.15, 0.2) is 0 Å². The van der Waals surface area contributed by atoms with E-state index in [1.807, 2.05) is 25.4 Å². The van der Waals surface area contributed by atoms with E-state index >= 15 is 0 Å². The average molecular weight is 354 g/mol. The van der Waals surface area contributed by atoms with Crippen molar-refractivity contribution in [2.24, 2.45) is 7.05 Å². The predicted molar refractivity (Wildman–Crippen MR) is 109 cm³/mol. The van der Waals surface area contributed by atoms with Gasteiger partial charge in [0.25, 0.3) is 5.56 Å². The van der Waals surface area contributed by atoms with Crippen LogP contribution < -0.4 is 10.5 Å². The molecule has 1 aliphatic heterocycles. The summed E-state index contributed by atoms with van der Waals surface area (Å²) in [6.07, 6.45) is 5.42. The second-order valence-electron chi connectivity index (χ2n) is 7.61. The van der Waals surface area contributed by atoms with Crippen LogP contribution in [0.15, 0.2) is 41.3 Å². The van der Waals surface area contributed by atoms with Gasteiger partial charge in [-0.1, -0.05) is 19.4 Å². The number of aryl methyl sites for hydroxylation is 1. The minimum atomic E-state index is 0.0449. The predicted octanol–water partition coefficient (Wildman–Crippen LogP) is 4.09. The zero-order valence-electron chi connectivity index (χ0n) is 16.5. The summed E-state index contributed by atoms with van der Waals surface area (Å²) >= 11 is 0. The summed E-state index contributed by atoms with van der Waals surface area (Å²) in [5, 5.41) is 0. The molecule has 2 aromatic rings. The van der Waals surface area contributed by atoms with Gasteiger partial charge >= 0.3 is 0 Å². The van der Waals surface area contributed by atoms with Gasteiger partial charge < -0.3 is 9.47 Å². The highest BCUT2D eigenvalue weighted by Crippen LogP contribution is 2.30. The van der Waals surface area contributed by atoms with Gasteiger partial charge in [-0.2, -0.15) is 0 Å². The zero-order chi connectivity index (χ0) is 18.7. The first kappa shape index (κ1) is 18.7. The Hall–Kier alpha value is -2.07. The summed E-state index contributed by atoms with van der Waals surface area (Å²) in [6.45, 7) is 9.87. The lowest BCUT2D eigenvalue weighted by molar-refractivity contribution is 0.250. The molecule has 1 aromatic carbocycles. The van der Waals surface area contributed by atoms with Crippen LogP contribution >= 0.6 is 0 Å². The molecule has 0 saturated carbocycles. The first-order valence-electron chi connectivity index (χ1n) is 9.80. The summed E-state index contributed by atoms with van der Waals surface area (Å²) < 4.78 is 1.65. The first-order valence-corrected chi connectivity index (χ1v) is 9.80. The van der Waals surface area contributed by atoms with Crippen LogP contribution in [-0.2, 0) is 20.0 Å². The molecule has 2 heterocycles. The fraction of sp³-hybridized carbons (Fsp3) is 0.500. The number of aromatic nitrogens is 1. The van der Waals surface area contributed by atoms with E-state index in [0.717, 1.165) is 30.9 Å². The van der Waals surface area contributed by atoms with Crippen molar-refractivity contribution in [1.29, 1.82) is 0 Å². The number of hydrogen-bond acceptors (Lipinski definition) is 3. The number of hydrogen-bond donors (Lipinski definition) is 0. The van der Waals surface area contributed by atoms with Gasteiger partial charge in [-0.3, -0.25) is 9.69 Å². The molecule has 0 aliphatic carbocycles. The second kappa shape index (κ2) is 8.09. The van der Waals surface area contributed by atoms with Crippen LogP contribution in [0.5, 0.6) is 0 Å². The number of benzene rings is 1. The van der Waals surface area contributed by atoms with Gasteiger partial charge in [-0.25, -0.2) is 0 Å². The van der Waals surface area contributed by atoms with E-state index in [9.17, 15) is 4.79 Å². The molecule has 0 radical (unpaired) electrons. The van der Waals surface area contributed by atoms with E-state index in [4.69, 9.17) is 0 Å². The highest BCUT2D eigenvalue weighted by atomic mass is 16.1. The number of unbranched alkanes of at least 4 members (excludes halogenated alkanes) is 1. The van der Waals surface area contributed by atoms with Gasteiger partial charge in [0, 0.05) is 38.1 Å². The summed E-state index contributed by atoms with van der Waals surface area (Å²) in [4.78, 5) is 17.4. The molecular formula is C22H31N3O. The van der Waals surface area contributed by atoms with Gasteiger partial charge in [-0.05, 0) is 68.6 Å². The Labute approximate surface area is 157 Å². The van der Waals surface area contributed by atoms with Crippen LogP contribution in [0, 0.1) is 0 Å². The number of fused-ring (bicyclic) bond motifs is 1. The van der Waals surface area contributed by atoms with Crippen LogP contribution in [0.2, 0.25) is 0 Å². The molecule has 0 unspecified atom stereocenters. The Morgan fingerprint density at radius 2 is 2.00 bits per heavy atom. The second-order valence-corrected chi connectivity index (χ2v) is 7.61. The Morgan fingerprint density at radius 3 is 2.73 bits per heavy atom. The van der Waals surface area contributed by atoms with Crippen molar-refractivity contribution in [2.45, 2.75) is 52.6 Å². The molecule has 0 atom stereocenters. The van der Waals surface area contributed by atoms with Crippen LogP contribution in [0.1, 0.15) is 44.7 Å². The van der Waals surface area contributed by atoms with Crippen molar-refractivity contribution in [1.82, 2.24) is 9.47 Å². The van der Waals surface area contributed by atoms with E-state index in [-0.39, 0.29) is 11.6 Å². The van der Waals surface area contributed by atoms with Crippen LogP contribution in [0.3, 0.4) is 0 Å². The molecule has 140 valence electrons. The molecule has 0 amide bonds. The molecule has 26 heavy (non-hydrogen) atoms. The number of pyridine rings is 1. The molecule has 0 bridgehead atoms. The molecular weight excluding hydrogens is 322 g/mol. The first-order chi connectivity index (χ1) is 12.5. The molecule has 0 spiro atoms. The molecule has 1 aromatic heterocycles.